The van der Waals surface area contributed by atoms with E-state index in [4.69, 9.17) is 9.73 Å². The molecule has 0 fully saturated rings. The summed E-state index contributed by atoms with van der Waals surface area (Å²) in [5, 5.41) is 0. The number of hydrogen-bond acceptors (Lipinski definition) is 2. The Kier molecular flexibility index (Phi) is 3.95. The summed E-state index contributed by atoms with van der Waals surface area (Å²) in [7, 11) is 0. The third kappa shape index (κ3) is 2.65. The van der Waals surface area contributed by atoms with E-state index >= 15 is 0 Å². The van der Waals surface area contributed by atoms with Crippen LogP contribution in [0.3, 0.4) is 0 Å². The molecular weight excluding hydrogens is 362 g/mol. The molecule has 0 saturated heterocycles. The van der Waals surface area contributed by atoms with Crippen molar-refractivity contribution in [3.8, 4) is 0 Å². The van der Waals surface area contributed by atoms with Gasteiger partial charge >= 0.3 is 0 Å². The van der Waals surface area contributed by atoms with Gasteiger partial charge in [-0.1, -0.05) is 76.6 Å². The normalized spacial score (nSPS) is 15.6. The zero-order chi connectivity index (χ0) is 16.4. The minimum Gasteiger partial charge on any atom is -0.459 e. The molecule has 118 valence electrons. The first-order valence-electron chi connectivity index (χ1n) is 7.88. The third-order valence-corrected chi connectivity index (χ3v) is 4.82. The van der Waals surface area contributed by atoms with Crippen LogP contribution in [0.1, 0.15) is 16.7 Å². The summed E-state index contributed by atoms with van der Waals surface area (Å²) in [5.74, 6) is 0.690. The maximum absolute atomic E-state index is 6.48. The van der Waals surface area contributed by atoms with Gasteiger partial charge in [-0.2, -0.15) is 0 Å². The molecule has 0 spiro atoms. The van der Waals surface area contributed by atoms with Gasteiger partial charge in [0.15, 0.2) is 5.60 Å². The van der Waals surface area contributed by atoms with E-state index in [0.29, 0.717) is 12.4 Å². The molecule has 1 heterocycles. The van der Waals surface area contributed by atoms with Crippen LogP contribution in [0.4, 0.5) is 0 Å². The minimum atomic E-state index is -0.565. The Hall–Kier alpha value is -2.39. The van der Waals surface area contributed by atoms with Crippen molar-refractivity contribution < 1.29 is 4.74 Å². The van der Waals surface area contributed by atoms with Crippen molar-refractivity contribution in [1.29, 1.82) is 0 Å². The summed E-state index contributed by atoms with van der Waals surface area (Å²) < 4.78 is 7.53. The SMILES string of the molecule is Brc1ccc(C2=NCC(c3ccccc3)(c3ccccc3)O2)cc1. The van der Waals surface area contributed by atoms with Gasteiger partial charge in [-0.05, 0) is 24.3 Å². The van der Waals surface area contributed by atoms with Gasteiger partial charge in [-0.3, -0.25) is 0 Å². The molecule has 0 aliphatic carbocycles. The first-order chi connectivity index (χ1) is 11.8. The third-order valence-electron chi connectivity index (χ3n) is 4.29. The van der Waals surface area contributed by atoms with E-state index in [2.05, 4.69) is 40.2 Å². The highest BCUT2D eigenvalue weighted by molar-refractivity contribution is 9.10. The van der Waals surface area contributed by atoms with Crippen LogP contribution < -0.4 is 0 Å². The molecule has 0 bridgehead atoms. The molecule has 4 rings (SSSR count). The molecule has 0 N–H and O–H groups in total. The average Bonchev–Trinajstić information content (AvgIpc) is 3.10. The van der Waals surface area contributed by atoms with E-state index in [-0.39, 0.29) is 0 Å². The Morgan fingerprint density at radius 1 is 0.750 bits per heavy atom. The van der Waals surface area contributed by atoms with Crippen molar-refractivity contribution in [2.75, 3.05) is 6.54 Å². The molecule has 3 aromatic carbocycles. The lowest BCUT2D eigenvalue weighted by Crippen LogP contribution is -2.32. The van der Waals surface area contributed by atoms with E-state index in [1.165, 1.54) is 0 Å². The molecule has 2 nitrogen and oxygen atoms in total. The summed E-state index contributed by atoms with van der Waals surface area (Å²) in [6.45, 7) is 0.576. The molecule has 0 unspecified atom stereocenters. The lowest BCUT2D eigenvalue weighted by atomic mass is 9.86. The quantitative estimate of drug-likeness (QED) is 0.616. The smallest absolute Gasteiger partial charge is 0.217 e. The summed E-state index contributed by atoms with van der Waals surface area (Å²) in [4.78, 5) is 4.72. The second kappa shape index (κ2) is 6.25. The molecule has 0 atom stereocenters. The second-order valence-electron chi connectivity index (χ2n) is 5.79. The summed E-state index contributed by atoms with van der Waals surface area (Å²) in [6, 6.07) is 28.7. The summed E-state index contributed by atoms with van der Waals surface area (Å²) in [6.07, 6.45) is 0. The number of halogens is 1. The van der Waals surface area contributed by atoms with Crippen molar-refractivity contribution in [2.45, 2.75) is 5.60 Å². The zero-order valence-electron chi connectivity index (χ0n) is 13.0. The Balaban J connectivity index is 1.76. The lowest BCUT2D eigenvalue weighted by Gasteiger charge is -2.29. The highest BCUT2D eigenvalue weighted by atomic mass is 79.9. The largest absolute Gasteiger partial charge is 0.459 e. The molecular formula is C21H16BrNO. The van der Waals surface area contributed by atoms with Gasteiger partial charge in [-0.15, -0.1) is 0 Å². The summed E-state index contributed by atoms with van der Waals surface area (Å²) in [5.41, 5.74) is 2.66. The fourth-order valence-electron chi connectivity index (χ4n) is 3.04. The molecule has 0 radical (unpaired) electrons. The minimum absolute atomic E-state index is 0.565. The van der Waals surface area contributed by atoms with Crippen LogP contribution >= 0.6 is 15.9 Å². The van der Waals surface area contributed by atoms with Crippen molar-refractivity contribution >= 4 is 21.8 Å². The number of nitrogens with zero attached hydrogens (tertiary/aromatic N) is 1. The predicted octanol–water partition coefficient (Wildman–Crippen LogP) is 5.17. The Labute approximate surface area is 150 Å². The van der Waals surface area contributed by atoms with E-state index in [0.717, 1.165) is 21.2 Å². The number of aliphatic imine (C=N–C) groups is 1. The van der Waals surface area contributed by atoms with Crippen LogP contribution in [0.5, 0.6) is 0 Å². The molecule has 1 aliphatic heterocycles. The highest BCUT2D eigenvalue weighted by Gasteiger charge is 2.41. The predicted molar refractivity (Wildman–Crippen MR) is 100 cm³/mol. The topological polar surface area (TPSA) is 21.6 Å². The maximum atomic E-state index is 6.48. The molecule has 3 heteroatoms. The number of hydrogen-bond donors (Lipinski definition) is 0. The van der Waals surface area contributed by atoms with Gasteiger partial charge in [0.1, 0.15) is 0 Å². The van der Waals surface area contributed by atoms with E-state index in [1.54, 1.807) is 0 Å². The number of rotatable bonds is 3. The van der Waals surface area contributed by atoms with E-state index < -0.39 is 5.60 Å². The van der Waals surface area contributed by atoms with Crippen molar-refractivity contribution in [2.24, 2.45) is 4.99 Å². The van der Waals surface area contributed by atoms with Gasteiger partial charge in [0.05, 0.1) is 6.54 Å². The van der Waals surface area contributed by atoms with Crippen molar-refractivity contribution in [3.05, 3.63) is 106 Å². The number of benzene rings is 3. The molecule has 0 saturated carbocycles. The van der Waals surface area contributed by atoms with Crippen LogP contribution in [-0.2, 0) is 10.3 Å². The van der Waals surface area contributed by atoms with Crippen LogP contribution in [-0.4, -0.2) is 12.4 Å². The average molecular weight is 378 g/mol. The molecule has 0 amide bonds. The van der Waals surface area contributed by atoms with Crippen LogP contribution in [0.2, 0.25) is 0 Å². The first kappa shape index (κ1) is 15.2. The fourth-order valence-corrected chi connectivity index (χ4v) is 3.30. The Bertz CT molecular complexity index is 818. The fraction of sp³-hybridized carbons (Fsp3) is 0.0952. The van der Waals surface area contributed by atoms with Crippen molar-refractivity contribution in [3.63, 3.8) is 0 Å². The highest BCUT2D eigenvalue weighted by Crippen LogP contribution is 2.38. The van der Waals surface area contributed by atoms with Gasteiger partial charge in [0.25, 0.3) is 0 Å². The first-order valence-corrected chi connectivity index (χ1v) is 8.68. The van der Waals surface area contributed by atoms with Crippen LogP contribution in [0.15, 0.2) is 94.4 Å². The number of ether oxygens (including phenoxy) is 1. The molecule has 24 heavy (non-hydrogen) atoms. The summed E-state index contributed by atoms with van der Waals surface area (Å²) >= 11 is 3.47. The Morgan fingerprint density at radius 3 is 1.83 bits per heavy atom. The lowest BCUT2D eigenvalue weighted by molar-refractivity contribution is 0.133. The van der Waals surface area contributed by atoms with Crippen LogP contribution in [0, 0.1) is 0 Å². The second-order valence-corrected chi connectivity index (χ2v) is 6.71. The van der Waals surface area contributed by atoms with Crippen LogP contribution in [0.25, 0.3) is 0 Å². The zero-order valence-corrected chi connectivity index (χ0v) is 14.6. The van der Waals surface area contributed by atoms with Gasteiger partial charge in [0, 0.05) is 21.2 Å². The molecule has 0 aromatic heterocycles. The molecule has 3 aromatic rings. The van der Waals surface area contributed by atoms with Crippen molar-refractivity contribution in [1.82, 2.24) is 0 Å². The molecule has 1 aliphatic rings. The Morgan fingerprint density at radius 2 is 1.29 bits per heavy atom. The van der Waals surface area contributed by atoms with Gasteiger partial charge in [0.2, 0.25) is 5.90 Å². The van der Waals surface area contributed by atoms with Gasteiger partial charge < -0.3 is 4.74 Å². The monoisotopic (exact) mass is 377 g/mol. The van der Waals surface area contributed by atoms with E-state index in [1.807, 2.05) is 60.7 Å². The van der Waals surface area contributed by atoms with E-state index in [9.17, 15) is 0 Å². The maximum Gasteiger partial charge on any atom is 0.217 e. The standard InChI is InChI=1S/C21H16BrNO/c22-19-13-11-16(12-14-19)20-23-15-21(24-20,17-7-3-1-4-8-17)18-9-5-2-6-10-18/h1-14H,15H2. The van der Waals surface area contributed by atoms with Gasteiger partial charge in [-0.25, -0.2) is 4.99 Å².